The number of hydrogen-bond donors (Lipinski definition) is 0. The maximum atomic E-state index is 11.2. The molecule has 3 unspecified atom stereocenters. The average Bonchev–Trinajstić information content (AvgIpc) is 3.05. The number of rotatable bonds is 12. The second-order valence-corrected chi connectivity index (χ2v) is 9.66. The predicted molar refractivity (Wildman–Crippen MR) is 136 cm³/mol. The third-order valence-corrected chi connectivity index (χ3v) is 7.01. The van der Waals surface area contributed by atoms with Gasteiger partial charge in [-0.1, -0.05) is 65.6 Å². The Hall–Kier alpha value is -1.14. The van der Waals surface area contributed by atoms with E-state index >= 15 is 0 Å². The van der Waals surface area contributed by atoms with Gasteiger partial charge in [-0.15, -0.1) is 0 Å². The fraction of sp³-hybridized carbons (Fsp3) is 0.704. The highest BCUT2D eigenvalue weighted by Crippen LogP contribution is 2.34. The van der Waals surface area contributed by atoms with Crippen molar-refractivity contribution >= 4 is 15.2 Å². The van der Waals surface area contributed by atoms with E-state index in [9.17, 15) is 4.79 Å². The third-order valence-electron chi connectivity index (χ3n) is 6.42. The van der Waals surface area contributed by atoms with Gasteiger partial charge in [0.15, 0.2) is 0 Å². The molecule has 0 saturated carbocycles. The summed E-state index contributed by atoms with van der Waals surface area (Å²) in [7, 11) is 2.47. The Morgan fingerprint density at radius 1 is 1.23 bits per heavy atom. The highest BCUT2D eigenvalue weighted by atomic mass is 31.0. The lowest BCUT2D eigenvalue weighted by molar-refractivity contribution is 0.141. The van der Waals surface area contributed by atoms with Crippen LogP contribution in [0.4, 0.5) is 0 Å². The lowest BCUT2D eigenvalue weighted by Gasteiger charge is -2.25. The van der Waals surface area contributed by atoms with Crippen molar-refractivity contribution in [1.82, 2.24) is 0 Å². The second kappa shape index (κ2) is 15.6. The molecule has 0 spiro atoms. The molecule has 1 saturated heterocycles. The van der Waals surface area contributed by atoms with Gasteiger partial charge in [0, 0.05) is 19.6 Å². The molecule has 0 radical (unpaired) electrons. The summed E-state index contributed by atoms with van der Waals surface area (Å²) < 4.78 is 12.2. The molecule has 1 rings (SSSR count). The molecular formula is C27H45O3P. The number of allylic oxidation sites excluding steroid dienone is 5. The monoisotopic (exact) mass is 448 g/mol. The Bertz CT molecular complexity index is 675. The Morgan fingerprint density at radius 2 is 1.97 bits per heavy atom. The van der Waals surface area contributed by atoms with Crippen molar-refractivity contribution in [2.75, 3.05) is 13.2 Å². The zero-order valence-electron chi connectivity index (χ0n) is 20.8. The third kappa shape index (κ3) is 10.3. The molecular weight excluding hydrogens is 403 g/mol. The molecule has 0 bridgehead atoms. The number of hydrogen-bond acceptors (Lipinski definition) is 3. The fourth-order valence-corrected chi connectivity index (χ4v) is 3.95. The van der Waals surface area contributed by atoms with Crippen molar-refractivity contribution < 1.29 is 14.3 Å². The largest absolute Gasteiger partial charge is 0.489 e. The lowest BCUT2D eigenvalue weighted by Crippen LogP contribution is -2.15. The van der Waals surface area contributed by atoms with Crippen LogP contribution >= 0.6 is 9.24 Å². The highest BCUT2D eigenvalue weighted by Gasteiger charge is 2.23. The summed E-state index contributed by atoms with van der Waals surface area (Å²) >= 11 is 0. The molecule has 0 N–H and O–H groups in total. The summed E-state index contributed by atoms with van der Waals surface area (Å²) in [5.41, 5.74) is 3.98. The summed E-state index contributed by atoms with van der Waals surface area (Å²) in [4.78, 5) is 11.2. The van der Waals surface area contributed by atoms with Gasteiger partial charge in [0.2, 0.25) is 0 Å². The van der Waals surface area contributed by atoms with Gasteiger partial charge >= 0.3 is 0 Å². The van der Waals surface area contributed by atoms with Crippen molar-refractivity contribution in [2.45, 2.75) is 99.0 Å². The molecule has 0 aliphatic carbocycles. The molecule has 31 heavy (non-hydrogen) atoms. The molecule has 0 aromatic rings. The quantitative estimate of drug-likeness (QED) is 0.0771. The molecule has 4 heteroatoms. The number of ether oxygens (including phenoxy) is 2. The zero-order chi connectivity index (χ0) is 23.2. The van der Waals surface area contributed by atoms with E-state index < -0.39 is 0 Å². The SMILES string of the molecule is C/C=C(/C)C/C(OC(C)C(P)=C=O)=C(\C=C(/C)[C@H](C)CCCCC)C1CCCOCC1. The van der Waals surface area contributed by atoms with Gasteiger partial charge in [-0.2, -0.15) is 0 Å². The van der Waals surface area contributed by atoms with Gasteiger partial charge in [-0.05, 0) is 70.8 Å². The summed E-state index contributed by atoms with van der Waals surface area (Å²) in [6.07, 6.45) is 13.2. The summed E-state index contributed by atoms with van der Waals surface area (Å²) in [6.45, 7) is 14.6. The summed E-state index contributed by atoms with van der Waals surface area (Å²) in [6, 6.07) is 0. The molecule has 0 aromatic carbocycles. The van der Waals surface area contributed by atoms with E-state index in [0.717, 1.165) is 44.7 Å². The topological polar surface area (TPSA) is 35.5 Å². The van der Waals surface area contributed by atoms with Crippen molar-refractivity contribution in [1.29, 1.82) is 0 Å². The van der Waals surface area contributed by atoms with Crippen LogP contribution in [0.15, 0.2) is 39.9 Å². The van der Waals surface area contributed by atoms with Gasteiger partial charge in [0.1, 0.15) is 17.8 Å². The minimum atomic E-state index is -0.310. The van der Waals surface area contributed by atoms with E-state index in [1.54, 1.807) is 0 Å². The van der Waals surface area contributed by atoms with Gasteiger partial charge in [-0.3, -0.25) is 0 Å². The van der Waals surface area contributed by atoms with E-state index in [1.165, 1.54) is 42.4 Å². The van der Waals surface area contributed by atoms with Crippen molar-refractivity contribution in [3.8, 4) is 0 Å². The number of carbonyl (C=O) groups excluding carboxylic acids is 1. The fourth-order valence-electron chi connectivity index (χ4n) is 3.88. The van der Waals surface area contributed by atoms with Crippen LogP contribution in [0.3, 0.4) is 0 Å². The van der Waals surface area contributed by atoms with E-state index in [1.807, 2.05) is 12.9 Å². The van der Waals surface area contributed by atoms with Crippen LogP contribution in [0.2, 0.25) is 0 Å². The minimum Gasteiger partial charge on any atom is -0.489 e. The summed E-state index contributed by atoms with van der Waals surface area (Å²) in [5, 5.41) is 0.521. The Labute approximate surface area is 193 Å². The lowest BCUT2D eigenvalue weighted by atomic mass is 9.86. The molecule has 1 aliphatic rings. The molecule has 3 nitrogen and oxygen atoms in total. The summed E-state index contributed by atoms with van der Waals surface area (Å²) in [5.74, 6) is 3.95. The van der Waals surface area contributed by atoms with E-state index in [0.29, 0.717) is 17.2 Å². The predicted octanol–water partition coefficient (Wildman–Crippen LogP) is 7.57. The van der Waals surface area contributed by atoms with Crippen LogP contribution in [-0.4, -0.2) is 25.3 Å². The van der Waals surface area contributed by atoms with Gasteiger partial charge < -0.3 is 9.47 Å². The van der Waals surface area contributed by atoms with Crippen molar-refractivity contribution in [3.63, 3.8) is 0 Å². The smallest absolute Gasteiger partial charge is 0.131 e. The normalized spacial score (nSPS) is 20.9. The highest BCUT2D eigenvalue weighted by molar-refractivity contribution is 7.23. The van der Waals surface area contributed by atoms with Crippen LogP contribution in [0.25, 0.3) is 0 Å². The minimum absolute atomic E-state index is 0.310. The van der Waals surface area contributed by atoms with E-state index in [4.69, 9.17) is 9.47 Å². The first-order valence-electron chi connectivity index (χ1n) is 12.1. The molecule has 0 amide bonds. The average molecular weight is 449 g/mol. The molecule has 1 fully saturated rings. The maximum Gasteiger partial charge on any atom is 0.131 e. The van der Waals surface area contributed by atoms with Gasteiger partial charge in [0.05, 0.1) is 5.31 Å². The first kappa shape index (κ1) is 27.9. The zero-order valence-corrected chi connectivity index (χ0v) is 21.9. The molecule has 1 aliphatic heterocycles. The Morgan fingerprint density at radius 3 is 2.61 bits per heavy atom. The van der Waals surface area contributed by atoms with Crippen LogP contribution in [0.5, 0.6) is 0 Å². The molecule has 4 atom stereocenters. The van der Waals surface area contributed by atoms with Gasteiger partial charge in [-0.25, -0.2) is 4.79 Å². The maximum absolute atomic E-state index is 11.2. The van der Waals surface area contributed by atoms with Crippen LogP contribution in [0, 0.1) is 11.8 Å². The second-order valence-electron chi connectivity index (χ2n) is 9.03. The van der Waals surface area contributed by atoms with Crippen LogP contribution in [-0.2, 0) is 14.3 Å². The Balaban J connectivity index is 3.40. The first-order chi connectivity index (χ1) is 14.8. The van der Waals surface area contributed by atoms with Crippen LogP contribution in [0.1, 0.15) is 92.9 Å². The van der Waals surface area contributed by atoms with E-state index in [-0.39, 0.29) is 6.10 Å². The molecule has 176 valence electrons. The first-order valence-corrected chi connectivity index (χ1v) is 12.7. The standard InChI is InChI=1S/C27H45O3P/c1-7-9-10-12-21(4)22(5)18-25(24-13-11-15-29-16-14-24)26(17-20(3)8-2)30-23(6)27(31)19-28/h8,18,21,23-24H,7,9-17,31H2,1-6H3/b20-8-,22-18+,26-25-/t21-,23?,24?/m1/s1. The van der Waals surface area contributed by atoms with Gasteiger partial charge in [0.25, 0.3) is 0 Å². The van der Waals surface area contributed by atoms with Crippen molar-refractivity contribution in [3.05, 3.63) is 39.9 Å². The molecule has 0 aromatic heterocycles. The van der Waals surface area contributed by atoms with Crippen molar-refractivity contribution in [2.24, 2.45) is 11.8 Å². The Kier molecular flexibility index (Phi) is 14.1. The number of unbranched alkanes of at least 4 members (excludes halogenated alkanes) is 2. The van der Waals surface area contributed by atoms with Crippen LogP contribution < -0.4 is 0 Å². The van der Waals surface area contributed by atoms with E-state index in [2.05, 4.69) is 56.0 Å². The molecule has 1 heterocycles.